The van der Waals surface area contributed by atoms with Crippen molar-refractivity contribution in [1.82, 2.24) is 9.55 Å². The van der Waals surface area contributed by atoms with Gasteiger partial charge in [-0.3, -0.25) is 0 Å². The summed E-state index contributed by atoms with van der Waals surface area (Å²) < 4.78 is 7.91. The van der Waals surface area contributed by atoms with E-state index in [1.54, 1.807) is 0 Å². The topological polar surface area (TPSA) is 27.1 Å². The maximum absolute atomic E-state index is 6.05. The largest absolute Gasteiger partial charge is 0.378 e. The monoisotopic (exact) mass is 278 g/mol. The zero-order valence-electron chi connectivity index (χ0n) is 11.4. The molecule has 2 aromatic rings. The molecule has 1 aromatic carbocycles. The number of nitrogens with zero attached hydrogens (tertiary/aromatic N) is 2. The lowest BCUT2D eigenvalue weighted by atomic mass is 10.0. The molecule has 0 saturated carbocycles. The van der Waals surface area contributed by atoms with Gasteiger partial charge in [-0.2, -0.15) is 0 Å². The van der Waals surface area contributed by atoms with E-state index >= 15 is 0 Å². The number of fused-ring (bicyclic) bond motifs is 1. The Hall–Kier alpha value is -1.06. The predicted octanol–water partition coefficient (Wildman–Crippen LogP) is 3.51. The van der Waals surface area contributed by atoms with Crippen LogP contribution in [0.3, 0.4) is 0 Å². The Balaban J connectivity index is 2.00. The second-order valence-electron chi connectivity index (χ2n) is 5.39. The van der Waals surface area contributed by atoms with Gasteiger partial charge in [-0.05, 0) is 38.0 Å². The van der Waals surface area contributed by atoms with Gasteiger partial charge in [0.1, 0.15) is 5.82 Å². The summed E-state index contributed by atoms with van der Waals surface area (Å²) in [6.07, 6.45) is 1.44. The van der Waals surface area contributed by atoms with Crippen molar-refractivity contribution >= 4 is 22.6 Å². The number of ether oxygens (including phenoxy) is 1. The fourth-order valence-electron chi connectivity index (χ4n) is 2.85. The predicted molar refractivity (Wildman–Crippen MR) is 77.5 cm³/mol. The van der Waals surface area contributed by atoms with Gasteiger partial charge in [-0.1, -0.05) is 6.07 Å². The highest BCUT2D eigenvalue weighted by atomic mass is 35.5. The van der Waals surface area contributed by atoms with Crippen molar-refractivity contribution in [2.75, 3.05) is 6.61 Å². The van der Waals surface area contributed by atoms with Gasteiger partial charge in [-0.25, -0.2) is 4.98 Å². The lowest BCUT2D eigenvalue weighted by molar-refractivity contribution is 0.102. The minimum Gasteiger partial charge on any atom is -0.378 e. The minimum absolute atomic E-state index is 0.325. The maximum Gasteiger partial charge on any atom is 0.124 e. The van der Waals surface area contributed by atoms with Crippen LogP contribution in [0, 0.1) is 12.8 Å². The van der Waals surface area contributed by atoms with Gasteiger partial charge < -0.3 is 9.30 Å². The van der Waals surface area contributed by atoms with Crippen LogP contribution in [0.1, 0.15) is 24.7 Å². The molecule has 102 valence electrons. The SMILES string of the molecule is Cc1ccc2c(c1)nc(CCl)n2CC1CCOC1C. The van der Waals surface area contributed by atoms with Gasteiger partial charge in [0.25, 0.3) is 0 Å². The summed E-state index contributed by atoms with van der Waals surface area (Å²) >= 11 is 6.05. The fourth-order valence-corrected chi connectivity index (χ4v) is 3.05. The summed E-state index contributed by atoms with van der Waals surface area (Å²) in [6.45, 7) is 6.06. The molecule has 3 rings (SSSR count). The number of halogens is 1. The molecule has 1 aliphatic rings. The molecule has 1 saturated heterocycles. The fraction of sp³-hybridized carbons (Fsp3) is 0.533. The number of imidazole rings is 1. The smallest absolute Gasteiger partial charge is 0.124 e. The van der Waals surface area contributed by atoms with Gasteiger partial charge in [-0.15, -0.1) is 11.6 Å². The molecule has 2 atom stereocenters. The Kier molecular flexibility index (Phi) is 3.50. The average molecular weight is 279 g/mol. The third-order valence-corrected chi connectivity index (χ3v) is 4.29. The van der Waals surface area contributed by atoms with E-state index in [1.165, 1.54) is 11.1 Å². The molecule has 19 heavy (non-hydrogen) atoms. The Morgan fingerprint density at radius 2 is 2.32 bits per heavy atom. The summed E-state index contributed by atoms with van der Waals surface area (Å²) in [5.41, 5.74) is 3.46. The van der Waals surface area contributed by atoms with Crippen molar-refractivity contribution in [3.05, 3.63) is 29.6 Å². The first kappa shape index (κ1) is 12.9. The lowest BCUT2D eigenvalue weighted by Gasteiger charge is -2.16. The second kappa shape index (κ2) is 5.14. The van der Waals surface area contributed by atoms with Crippen molar-refractivity contribution < 1.29 is 4.74 Å². The molecule has 1 aromatic heterocycles. The van der Waals surface area contributed by atoms with E-state index in [0.717, 1.165) is 30.9 Å². The summed E-state index contributed by atoms with van der Waals surface area (Å²) in [5, 5.41) is 0. The molecular weight excluding hydrogens is 260 g/mol. The molecule has 3 nitrogen and oxygen atoms in total. The van der Waals surface area contributed by atoms with Crippen molar-refractivity contribution in [2.24, 2.45) is 5.92 Å². The second-order valence-corrected chi connectivity index (χ2v) is 5.66. The highest BCUT2D eigenvalue weighted by Gasteiger charge is 2.26. The van der Waals surface area contributed by atoms with Crippen molar-refractivity contribution in [3.8, 4) is 0 Å². The van der Waals surface area contributed by atoms with Crippen LogP contribution in [-0.2, 0) is 17.2 Å². The summed E-state index contributed by atoms with van der Waals surface area (Å²) in [6, 6.07) is 6.40. The molecule has 0 N–H and O–H groups in total. The van der Waals surface area contributed by atoms with Crippen LogP contribution in [0.15, 0.2) is 18.2 Å². The molecule has 0 radical (unpaired) electrons. The summed E-state index contributed by atoms with van der Waals surface area (Å²) in [5.74, 6) is 1.97. The summed E-state index contributed by atoms with van der Waals surface area (Å²) in [7, 11) is 0. The van der Waals surface area contributed by atoms with Crippen molar-refractivity contribution in [2.45, 2.75) is 38.8 Å². The van der Waals surface area contributed by atoms with Gasteiger partial charge in [0, 0.05) is 19.1 Å². The first-order chi connectivity index (χ1) is 9.19. The van der Waals surface area contributed by atoms with Crippen LogP contribution < -0.4 is 0 Å². The third kappa shape index (κ3) is 2.37. The first-order valence-corrected chi connectivity index (χ1v) is 7.36. The van der Waals surface area contributed by atoms with E-state index in [0.29, 0.717) is 17.9 Å². The molecule has 0 bridgehead atoms. The van der Waals surface area contributed by atoms with E-state index < -0.39 is 0 Å². The molecule has 2 heterocycles. The van der Waals surface area contributed by atoms with Gasteiger partial charge >= 0.3 is 0 Å². The van der Waals surface area contributed by atoms with Crippen LogP contribution >= 0.6 is 11.6 Å². The normalized spacial score (nSPS) is 23.3. The van der Waals surface area contributed by atoms with E-state index in [1.807, 2.05) is 0 Å². The summed E-state index contributed by atoms with van der Waals surface area (Å²) in [4.78, 5) is 4.65. The zero-order valence-corrected chi connectivity index (χ0v) is 12.2. The Labute approximate surface area is 118 Å². The van der Waals surface area contributed by atoms with Crippen LogP contribution in [0.4, 0.5) is 0 Å². The third-order valence-electron chi connectivity index (χ3n) is 4.05. The number of aromatic nitrogens is 2. The molecule has 1 fully saturated rings. The Morgan fingerprint density at radius 1 is 1.47 bits per heavy atom. The average Bonchev–Trinajstić information content (AvgIpc) is 2.94. The molecule has 1 aliphatic heterocycles. The highest BCUT2D eigenvalue weighted by Crippen LogP contribution is 2.26. The van der Waals surface area contributed by atoms with Crippen LogP contribution in [0.25, 0.3) is 11.0 Å². The standard InChI is InChI=1S/C15H19ClN2O/c1-10-3-4-14-13(7-10)17-15(8-16)18(14)9-12-5-6-19-11(12)2/h3-4,7,11-12H,5-6,8-9H2,1-2H3. The number of aryl methyl sites for hydroxylation is 1. The Bertz CT molecular complexity index is 593. The molecule has 2 unspecified atom stereocenters. The van der Waals surface area contributed by atoms with E-state index in [4.69, 9.17) is 16.3 Å². The van der Waals surface area contributed by atoms with E-state index in [2.05, 4.69) is 41.6 Å². The maximum atomic E-state index is 6.05. The Morgan fingerprint density at radius 3 is 3.00 bits per heavy atom. The van der Waals surface area contributed by atoms with Crippen molar-refractivity contribution in [3.63, 3.8) is 0 Å². The number of rotatable bonds is 3. The number of alkyl halides is 1. The molecule has 0 spiro atoms. The van der Waals surface area contributed by atoms with Gasteiger partial charge in [0.05, 0.1) is 23.0 Å². The first-order valence-electron chi connectivity index (χ1n) is 6.82. The van der Waals surface area contributed by atoms with Crippen LogP contribution in [0.5, 0.6) is 0 Å². The number of hydrogen-bond acceptors (Lipinski definition) is 2. The molecular formula is C15H19ClN2O. The highest BCUT2D eigenvalue weighted by molar-refractivity contribution is 6.16. The van der Waals surface area contributed by atoms with Crippen LogP contribution in [-0.4, -0.2) is 22.3 Å². The minimum atomic E-state index is 0.325. The van der Waals surface area contributed by atoms with Gasteiger partial charge in [0.2, 0.25) is 0 Å². The van der Waals surface area contributed by atoms with Crippen LogP contribution in [0.2, 0.25) is 0 Å². The lowest BCUT2D eigenvalue weighted by Crippen LogP contribution is -2.19. The number of hydrogen-bond donors (Lipinski definition) is 0. The molecule has 0 aliphatic carbocycles. The molecule has 0 amide bonds. The van der Waals surface area contributed by atoms with Gasteiger partial charge in [0.15, 0.2) is 0 Å². The van der Waals surface area contributed by atoms with E-state index in [-0.39, 0.29) is 0 Å². The number of benzene rings is 1. The zero-order chi connectivity index (χ0) is 13.4. The van der Waals surface area contributed by atoms with Crippen molar-refractivity contribution in [1.29, 1.82) is 0 Å². The quantitative estimate of drug-likeness (QED) is 0.804. The molecule has 4 heteroatoms. The van der Waals surface area contributed by atoms with E-state index in [9.17, 15) is 0 Å².